The lowest BCUT2D eigenvalue weighted by atomic mass is 10.0. The number of hydrogen-bond acceptors (Lipinski definition) is 3. The predicted octanol–water partition coefficient (Wildman–Crippen LogP) is 2.56. The van der Waals surface area contributed by atoms with Crippen LogP contribution in [0.25, 0.3) is 0 Å². The Morgan fingerprint density at radius 3 is 2.89 bits per heavy atom. The second-order valence-electron chi connectivity index (χ2n) is 5.51. The average Bonchev–Trinajstić information content (AvgIpc) is 2.37. The Bertz CT molecular complexity index is 461. The van der Waals surface area contributed by atoms with E-state index in [0.29, 0.717) is 17.5 Å². The van der Waals surface area contributed by atoms with Crippen LogP contribution in [-0.4, -0.2) is 34.5 Å². The van der Waals surface area contributed by atoms with Gasteiger partial charge in [0.25, 0.3) is 0 Å². The minimum atomic E-state index is -0.972. The highest BCUT2D eigenvalue weighted by Crippen LogP contribution is 2.22. The van der Waals surface area contributed by atoms with Gasteiger partial charge in [-0.15, -0.1) is 0 Å². The maximum Gasteiger partial charge on any atom is 0.0617 e. The summed E-state index contributed by atoms with van der Waals surface area (Å²) < 4.78 is 12.3. The number of anilines is 1. The number of hydrogen-bond donors (Lipinski definition) is 1. The fourth-order valence-electron chi connectivity index (χ4n) is 2.74. The zero-order chi connectivity index (χ0) is 13.8. The zero-order valence-electron chi connectivity index (χ0n) is 11.9. The van der Waals surface area contributed by atoms with Crippen LogP contribution in [0.2, 0.25) is 0 Å². The molecule has 0 radical (unpaired) electrons. The van der Waals surface area contributed by atoms with Gasteiger partial charge in [-0.25, -0.2) is 0 Å². The van der Waals surface area contributed by atoms with Gasteiger partial charge in [0.15, 0.2) is 0 Å². The highest BCUT2D eigenvalue weighted by molar-refractivity contribution is 7.85. The molecule has 1 saturated heterocycles. The molecule has 1 aromatic carbocycles. The quantitative estimate of drug-likeness (QED) is 0.862. The molecule has 2 rings (SSSR count). The van der Waals surface area contributed by atoms with Crippen molar-refractivity contribution in [3.8, 4) is 0 Å². The molecule has 19 heavy (non-hydrogen) atoms. The molecule has 1 aliphatic heterocycles. The number of nitrogens with two attached hydrogens (primary N) is 1. The van der Waals surface area contributed by atoms with E-state index < -0.39 is 10.8 Å². The molecule has 2 unspecified atom stereocenters. The third-order valence-corrected chi connectivity index (χ3v) is 5.44. The van der Waals surface area contributed by atoms with Crippen LogP contribution in [0, 0.1) is 6.92 Å². The Kier molecular flexibility index (Phi) is 4.99. The number of piperidine rings is 1. The summed E-state index contributed by atoms with van der Waals surface area (Å²) in [4.78, 5) is 3.20. The summed E-state index contributed by atoms with van der Waals surface area (Å²) in [7, 11) is 1.20. The number of aryl methyl sites for hydroxylation is 1. The second-order valence-corrected chi connectivity index (χ2v) is 7.05. The van der Waals surface area contributed by atoms with Crippen LogP contribution in [-0.2, 0) is 10.8 Å². The van der Waals surface area contributed by atoms with E-state index in [1.54, 1.807) is 0 Å². The number of likely N-dealkylation sites (tertiary alicyclic amines) is 1. The molecule has 0 saturated carbocycles. The minimum absolute atomic E-state index is 0.587. The van der Waals surface area contributed by atoms with Gasteiger partial charge < -0.3 is 10.6 Å². The topological polar surface area (TPSA) is 46.3 Å². The third kappa shape index (κ3) is 3.80. The van der Waals surface area contributed by atoms with Crippen molar-refractivity contribution >= 4 is 16.5 Å². The lowest BCUT2D eigenvalue weighted by Gasteiger charge is -2.32. The third-order valence-electron chi connectivity index (χ3n) is 3.97. The van der Waals surface area contributed by atoms with Crippen LogP contribution < -0.4 is 5.73 Å². The van der Waals surface area contributed by atoms with Crippen molar-refractivity contribution in [2.75, 3.05) is 25.1 Å². The van der Waals surface area contributed by atoms with E-state index >= 15 is 0 Å². The van der Waals surface area contributed by atoms with Crippen molar-refractivity contribution in [2.24, 2.45) is 0 Å². The molecule has 0 aliphatic carbocycles. The maximum atomic E-state index is 12.3. The van der Waals surface area contributed by atoms with Gasteiger partial charge in [-0.1, -0.05) is 12.5 Å². The van der Waals surface area contributed by atoms with Gasteiger partial charge in [-0.05, 0) is 57.5 Å². The molecule has 1 aromatic rings. The van der Waals surface area contributed by atoms with E-state index in [0.717, 1.165) is 16.9 Å². The molecule has 0 spiro atoms. The van der Waals surface area contributed by atoms with E-state index in [1.165, 1.54) is 25.8 Å². The van der Waals surface area contributed by atoms with Gasteiger partial charge in [0, 0.05) is 17.5 Å². The summed E-state index contributed by atoms with van der Waals surface area (Å²) in [5.74, 6) is 0.711. The summed E-state index contributed by atoms with van der Waals surface area (Å²) >= 11 is 0. The largest absolute Gasteiger partial charge is 0.398 e. The first-order valence-electron chi connectivity index (χ1n) is 7.02. The number of nitrogens with zero attached hydrogens (tertiary/aromatic N) is 1. The van der Waals surface area contributed by atoms with Gasteiger partial charge in [0.1, 0.15) is 0 Å². The molecule has 1 fully saturated rings. The van der Waals surface area contributed by atoms with Crippen LogP contribution in [0.1, 0.15) is 31.2 Å². The predicted molar refractivity (Wildman–Crippen MR) is 81.8 cm³/mol. The van der Waals surface area contributed by atoms with Gasteiger partial charge in [-0.2, -0.15) is 0 Å². The Morgan fingerprint density at radius 2 is 2.21 bits per heavy atom. The van der Waals surface area contributed by atoms with E-state index in [1.807, 2.05) is 25.1 Å². The summed E-state index contributed by atoms with van der Waals surface area (Å²) in [5, 5.41) is 0. The zero-order valence-corrected chi connectivity index (χ0v) is 12.7. The van der Waals surface area contributed by atoms with Crippen LogP contribution in [0.15, 0.2) is 23.1 Å². The molecule has 4 heteroatoms. The van der Waals surface area contributed by atoms with Crippen molar-refractivity contribution in [1.82, 2.24) is 4.90 Å². The first kappa shape index (κ1) is 14.5. The van der Waals surface area contributed by atoms with Gasteiger partial charge in [0.05, 0.1) is 15.7 Å². The second kappa shape index (κ2) is 6.53. The fourth-order valence-corrected chi connectivity index (χ4v) is 3.98. The monoisotopic (exact) mass is 280 g/mol. The molecule has 0 amide bonds. The van der Waals surface area contributed by atoms with E-state index in [2.05, 4.69) is 11.9 Å². The molecule has 3 nitrogen and oxygen atoms in total. The molecule has 0 aromatic heterocycles. The molecule has 2 atom stereocenters. The van der Waals surface area contributed by atoms with Crippen LogP contribution in [0.5, 0.6) is 0 Å². The van der Waals surface area contributed by atoms with E-state index in [4.69, 9.17) is 5.73 Å². The standard InChI is InChI=1S/C15H24N2OS/c1-12-6-7-15(14(16)11-12)19(18)10-8-13-5-3-4-9-17(13)2/h6-7,11,13H,3-5,8-10,16H2,1-2H3. The summed E-state index contributed by atoms with van der Waals surface area (Å²) in [6.07, 6.45) is 4.82. The number of nitrogen functional groups attached to an aromatic ring is 1. The molecule has 0 bridgehead atoms. The Hall–Kier alpha value is -0.870. The first-order chi connectivity index (χ1) is 9.08. The highest BCUT2D eigenvalue weighted by atomic mass is 32.2. The normalized spacial score (nSPS) is 22.3. The number of benzene rings is 1. The fraction of sp³-hybridized carbons (Fsp3) is 0.600. The molecule has 2 N–H and O–H groups in total. The molecule has 1 heterocycles. The van der Waals surface area contributed by atoms with Crippen molar-refractivity contribution < 1.29 is 4.21 Å². The first-order valence-corrected chi connectivity index (χ1v) is 8.34. The maximum absolute atomic E-state index is 12.3. The van der Waals surface area contributed by atoms with E-state index in [9.17, 15) is 4.21 Å². The van der Waals surface area contributed by atoms with Crippen molar-refractivity contribution in [2.45, 2.75) is 43.5 Å². The Labute approximate surface area is 118 Å². The molecular weight excluding hydrogens is 256 g/mol. The lowest BCUT2D eigenvalue weighted by molar-refractivity contribution is 0.182. The summed E-state index contributed by atoms with van der Waals surface area (Å²) in [6, 6.07) is 6.38. The van der Waals surface area contributed by atoms with Crippen molar-refractivity contribution in [1.29, 1.82) is 0 Å². The minimum Gasteiger partial charge on any atom is -0.398 e. The molecular formula is C15H24N2OS. The molecule has 106 valence electrons. The Morgan fingerprint density at radius 1 is 1.42 bits per heavy atom. The SMILES string of the molecule is Cc1ccc(S(=O)CCC2CCCCN2C)c(N)c1. The molecule has 1 aliphatic rings. The average molecular weight is 280 g/mol. The smallest absolute Gasteiger partial charge is 0.0617 e. The van der Waals surface area contributed by atoms with E-state index in [-0.39, 0.29) is 0 Å². The van der Waals surface area contributed by atoms with Gasteiger partial charge >= 0.3 is 0 Å². The van der Waals surface area contributed by atoms with Gasteiger partial charge in [-0.3, -0.25) is 4.21 Å². The highest BCUT2D eigenvalue weighted by Gasteiger charge is 2.20. The van der Waals surface area contributed by atoms with Crippen LogP contribution in [0.3, 0.4) is 0 Å². The van der Waals surface area contributed by atoms with Crippen LogP contribution in [0.4, 0.5) is 5.69 Å². The summed E-state index contributed by atoms with van der Waals surface area (Å²) in [5.41, 5.74) is 7.73. The Balaban J connectivity index is 1.93. The van der Waals surface area contributed by atoms with Crippen molar-refractivity contribution in [3.63, 3.8) is 0 Å². The lowest BCUT2D eigenvalue weighted by Crippen LogP contribution is -2.37. The summed E-state index contributed by atoms with van der Waals surface area (Å²) in [6.45, 7) is 3.17. The van der Waals surface area contributed by atoms with Crippen LogP contribution >= 0.6 is 0 Å². The number of rotatable bonds is 4. The van der Waals surface area contributed by atoms with Gasteiger partial charge in [0.2, 0.25) is 0 Å². The van der Waals surface area contributed by atoms with Crippen molar-refractivity contribution in [3.05, 3.63) is 23.8 Å².